The van der Waals surface area contributed by atoms with Crippen molar-refractivity contribution in [3.63, 3.8) is 0 Å². The number of furan rings is 1. The van der Waals surface area contributed by atoms with Crippen LogP contribution in [0.15, 0.2) is 28.9 Å². The zero-order valence-electron chi connectivity index (χ0n) is 14.2. The summed E-state index contributed by atoms with van der Waals surface area (Å²) < 4.78 is 5.08. The summed E-state index contributed by atoms with van der Waals surface area (Å²) in [7, 11) is 1.86. The average molecular weight is 384 g/mol. The number of halogens is 1. The van der Waals surface area contributed by atoms with Crippen LogP contribution in [0.2, 0.25) is 0 Å². The third-order valence-corrected chi connectivity index (χ3v) is 5.41. The van der Waals surface area contributed by atoms with Crippen molar-refractivity contribution >= 4 is 40.6 Å². The Hall–Kier alpha value is -1.83. The number of nitrogens with zero attached hydrogens (tertiary/aromatic N) is 1. The van der Waals surface area contributed by atoms with Gasteiger partial charge >= 0.3 is 0 Å². The summed E-state index contributed by atoms with van der Waals surface area (Å²) in [5.74, 6) is -0.0457. The molecule has 0 aromatic carbocycles. The van der Waals surface area contributed by atoms with E-state index < -0.39 is 0 Å². The van der Waals surface area contributed by atoms with Gasteiger partial charge in [-0.3, -0.25) is 9.59 Å². The second-order valence-corrected chi connectivity index (χ2v) is 7.00. The molecule has 2 aromatic heterocycles. The molecule has 1 saturated heterocycles. The molecular weight excluding hydrogens is 362 g/mol. The number of anilines is 1. The molecule has 136 valence electrons. The van der Waals surface area contributed by atoms with E-state index in [9.17, 15) is 9.59 Å². The third kappa shape index (κ3) is 4.42. The van der Waals surface area contributed by atoms with Gasteiger partial charge in [0.2, 0.25) is 0 Å². The summed E-state index contributed by atoms with van der Waals surface area (Å²) in [5, 5.41) is 6.74. The first-order valence-corrected chi connectivity index (χ1v) is 8.81. The molecule has 1 aliphatic heterocycles. The molecule has 0 bridgehead atoms. The minimum absolute atomic E-state index is 0. The first-order chi connectivity index (χ1) is 11.6. The molecule has 2 N–H and O–H groups in total. The second kappa shape index (κ2) is 8.51. The molecular formula is C17H22ClN3O3S. The summed E-state index contributed by atoms with van der Waals surface area (Å²) in [6.45, 7) is 3.77. The lowest BCUT2D eigenvalue weighted by molar-refractivity contribution is 0.0707. The van der Waals surface area contributed by atoms with Crippen LogP contribution < -0.4 is 10.6 Å². The van der Waals surface area contributed by atoms with Crippen LogP contribution in [0.3, 0.4) is 0 Å². The molecule has 2 aromatic rings. The number of carbonyl (C=O) groups is 2. The van der Waals surface area contributed by atoms with E-state index in [4.69, 9.17) is 4.42 Å². The molecule has 3 rings (SSSR count). The molecule has 0 aliphatic carbocycles. The molecule has 25 heavy (non-hydrogen) atoms. The van der Waals surface area contributed by atoms with Gasteiger partial charge in [0.15, 0.2) is 5.76 Å². The molecule has 2 amide bonds. The summed E-state index contributed by atoms with van der Waals surface area (Å²) in [5.41, 5.74) is 0.875. The van der Waals surface area contributed by atoms with Crippen LogP contribution in [0.25, 0.3) is 0 Å². The Labute approximate surface area is 157 Å². The SMILES string of the molecule is Cc1cc(NC(=O)c2ccco2)sc1C(=O)N(C)C1CCNCC1.Cl. The fourth-order valence-corrected chi connectivity index (χ4v) is 3.91. The van der Waals surface area contributed by atoms with Crippen molar-refractivity contribution in [1.29, 1.82) is 0 Å². The van der Waals surface area contributed by atoms with Crippen LogP contribution in [-0.4, -0.2) is 42.9 Å². The maximum atomic E-state index is 12.8. The smallest absolute Gasteiger partial charge is 0.291 e. The number of aryl methyl sites for hydroxylation is 1. The lowest BCUT2D eigenvalue weighted by Gasteiger charge is -2.31. The molecule has 0 saturated carbocycles. The Bertz CT molecular complexity index is 724. The summed E-state index contributed by atoms with van der Waals surface area (Å²) in [6, 6.07) is 5.36. The van der Waals surface area contributed by atoms with Gasteiger partial charge in [0.05, 0.1) is 16.1 Å². The van der Waals surface area contributed by atoms with Crippen molar-refractivity contribution in [2.75, 3.05) is 25.5 Å². The van der Waals surface area contributed by atoms with Gasteiger partial charge in [0.1, 0.15) is 0 Å². The maximum Gasteiger partial charge on any atom is 0.291 e. The van der Waals surface area contributed by atoms with Crippen LogP contribution in [0.1, 0.15) is 38.6 Å². The molecule has 0 atom stereocenters. The summed E-state index contributed by atoms with van der Waals surface area (Å²) >= 11 is 1.31. The van der Waals surface area contributed by atoms with Crippen molar-refractivity contribution in [3.8, 4) is 0 Å². The van der Waals surface area contributed by atoms with E-state index in [1.807, 2.05) is 24.9 Å². The number of hydrogen-bond acceptors (Lipinski definition) is 5. The number of amides is 2. The fourth-order valence-electron chi connectivity index (χ4n) is 2.86. The van der Waals surface area contributed by atoms with Crippen LogP contribution in [-0.2, 0) is 0 Å². The van der Waals surface area contributed by atoms with E-state index in [-0.39, 0.29) is 36.0 Å². The quantitative estimate of drug-likeness (QED) is 0.850. The van der Waals surface area contributed by atoms with Crippen molar-refractivity contribution in [2.24, 2.45) is 0 Å². The number of carbonyl (C=O) groups excluding carboxylic acids is 2. The lowest BCUT2D eigenvalue weighted by atomic mass is 10.1. The van der Waals surface area contributed by atoms with E-state index in [1.165, 1.54) is 17.6 Å². The Balaban J connectivity index is 0.00000225. The molecule has 1 fully saturated rings. The van der Waals surface area contributed by atoms with Crippen LogP contribution in [0.4, 0.5) is 5.00 Å². The van der Waals surface area contributed by atoms with Gasteiger partial charge in [-0.05, 0) is 56.6 Å². The Kier molecular flexibility index (Phi) is 6.64. The van der Waals surface area contributed by atoms with Crippen molar-refractivity contribution in [1.82, 2.24) is 10.2 Å². The molecule has 0 spiro atoms. The molecule has 1 aliphatic rings. The number of nitrogens with one attached hydrogen (secondary N) is 2. The van der Waals surface area contributed by atoms with E-state index in [1.54, 1.807) is 12.1 Å². The van der Waals surface area contributed by atoms with Crippen molar-refractivity contribution < 1.29 is 14.0 Å². The van der Waals surface area contributed by atoms with Crippen LogP contribution >= 0.6 is 23.7 Å². The van der Waals surface area contributed by atoms with E-state index in [0.717, 1.165) is 31.5 Å². The van der Waals surface area contributed by atoms with E-state index >= 15 is 0 Å². The zero-order valence-corrected chi connectivity index (χ0v) is 15.8. The topological polar surface area (TPSA) is 74.6 Å². The number of thiophene rings is 1. The van der Waals surface area contributed by atoms with Crippen LogP contribution in [0, 0.1) is 6.92 Å². The average Bonchev–Trinajstić information content (AvgIpc) is 3.24. The lowest BCUT2D eigenvalue weighted by Crippen LogP contribution is -2.43. The van der Waals surface area contributed by atoms with Crippen molar-refractivity contribution in [3.05, 3.63) is 40.7 Å². The normalized spacial score (nSPS) is 14.6. The van der Waals surface area contributed by atoms with E-state index in [2.05, 4.69) is 10.6 Å². The highest BCUT2D eigenvalue weighted by atomic mass is 35.5. The summed E-state index contributed by atoms with van der Waals surface area (Å²) in [4.78, 5) is 27.3. The Morgan fingerprint density at radius 3 is 2.72 bits per heavy atom. The molecule has 0 unspecified atom stereocenters. The van der Waals surface area contributed by atoms with Gasteiger partial charge in [0, 0.05) is 13.1 Å². The largest absolute Gasteiger partial charge is 0.459 e. The van der Waals surface area contributed by atoms with Gasteiger partial charge in [-0.25, -0.2) is 0 Å². The molecule has 0 radical (unpaired) electrons. The minimum atomic E-state index is -0.313. The molecule has 3 heterocycles. The highest BCUT2D eigenvalue weighted by molar-refractivity contribution is 7.18. The monoisotopic (exact) mass is 383 g/mol. The fraction of sp³-hybridized carbons (Fsp3) is 0.412. The molecule has 8 heteroatoms. The molecule has 6 nitrogen and oxygen atoms in total. The predicted molar refractivity (Wildman–Crippen MR) is 101 cm³/mol. The summed E-state index contributed by atoms with van der Waals surface area (Å²) in [6.07, 6.45) is 3.39. The van der Waals surface area contributed by atoms with Gasteiger partial charge in [-0.1, -0.05) is 0 Å². The highest BCUT2D eigenvalue weighted by Gasteiger charge is 2.25. The standard InChI is InChI=1S/C17H21N3O3S.ClH/c1-11-10-14(19-16(21)13-4-3-9-23-13)24-15(11)17(22)20(2)12-5-7-18-8-6-12;/h3-4,9-10,12,18H,5-8H2,1-2H3,(H,19,21);1H. The van der Waals surface area contributed by atoms with Gasteiger partial charge in [-0.15, -0.1) is 23.7 Å². The Morgan fingerprint density at radius 2 is 2.08 bits per heavy atom. The van der Waals surface area contributed by atoms with Gasteiger partial charge in [0.25, 0.3) is 11.8 Å². The Morgan fingerprint density at radius 1 is 1.36 bits per heavy atom. The van der Waals surface area contributed by atoms with Gasteiger partial charge < -0.3 is 20.0 Å². The third-order valence-electron chi connectivity index (χ3n) is 4.27. The van der Waals surface area contributed by atoms with E-state index in [0.29, 0.717) is 9.88 Å². The van der Waals surface area contributed by atoms with Crippen LogP contribution in [0.5, 0.6) is 0 Å². The number of rotatable bonds is 4. The predicted octanol–water partition coefficient (Wildman–Crippen LogP) is 3.15. The zero-order chi connectivity index (χ0) is 17.1. The van der Waals surface area contributed by atoms with Crippen molar-refractivity contribution in [2.45, 2.75) is 25.8 Å². The maximum absolute atomic E-state index is 12.8. The first-order valence-electron chi connectivity index (χ1n) is 7.99. The first kappa shape index (κ1) is 19.5. The second-order valence-electron chi connectivity index (χ2n) is 5.95. The highest BCUT2D eigenvalue weighted by Crippen LogP contribution is 2.29. The number of hydrogen-bond donors (Lipinski definition) is 2. The van der Waals surface area contributed by atoms with Gasteiger partial charge in [-0.2, -0.15) is 0 Å². The number of piperidine rings is 1. The minimum Gasteiger partial charge on any atom is -0.459 e.